The Morgan fingerprint density at radius 3 is 2.39 bits per heavy atom. The Morgan fingerprint density at radius 1 is 1.05 bits per heavy atom. The first kappa shape index (κ1) is 27.2. The van der Waals surface area contributed by atoms with Gasteiger partial charge in [-0.25, -0.2) is 8.78 Å². The summed E-state index contributed by atoms with van der Waals surface area (Å²) in [5.41, 5.74) is 0.0807. The van der Waals surface area contributed by atoms with Crippen LogP contribution in [0.2, 0.25) is 0 Å². The summed E-state index contributed by atoms with van der Waals surface area (Å²) in [6.07, 6.45) is 7.05. The lowest BCUT2D eigenvalue weighted by Gasteiger charge is -2.39. The number of carbonyl (C=O) groups is 2. The highest BCUT2D eigenvalue weighted by Gasteiger charge is 2.51. The van der Waals surface area contributed by atoms with E-state index in [0.29, 0.717) is 12.5 Å². The van der Waals surface area contributed by atoms with Crippen molar-refractivity contribution in [3.8, 4) is 11.5 Å². The highest BCUT2D eigenvalue weighted by molar-refractivity contribution is 5.98. The first-order chi connectivity index (χ1) is 18.2. The van der Waals surface area contributed by atoms with E-state index in [2.05, 4.69) is 24.5 Å². The molecule has 0 saturated heterocycles. The van der Waals surface area contributed by atoms with Gasteiger partial charge in [-0.3, -0.25) is 9.59 Å². The number of hydrogen-bond acceptors (Lipinski definition) is 4. The second kappa shape index (κ2) is 11.0. The number of benzene rings is 1. The number of fused-ring (bicyclic) bond motifs is 2. The number of rotatable bonds is 9. The predicted octanol–water partition coefficient (Wildman–Crippen LogP) is 6.04. The highest BCUT2D eigenvalue weighted by Crippen LogP contribution is 2.49. The standard InChI is InChI=1S/C30H42F2N2O4/c1-17-5-9-20(10-6-17)38-24-15-22(23(37-3)14-21(24)27(31)32)28(35)34-26-19-8-7-18(13-19)25(26)29(36)33-16-30(2)11-4-12-30/h14-15,17-20,25-27H,4-13,16H2,1-3H3,(H,33,36)(H,34,35)/t17-,18-,19+,20-,25+,26-/m1/s1. The van der Waals surface area contributed by atoms with Crippen LogP contribution in [0.25, 0.3) is 0 Å². The summed E-state index contributed by atoms with van der Waals surface area (Å²) in [6.45, 7) is 5.07. The van der Waals surface area contributed by atoms with Crippen LogP contribution in [0.3, 0.4) is 0 Å². The minimum absolute atomic E-state index is 0.0196. The van der Waals surface area contributed by atoms with Crippen LogP contribution >= 0.6 is 0 Å². The van der Waals surface area contributed by atoms with Crippen molar-refractivity contribution >= 4 is 11.8 Å². The number of amides is 2. The molecule has 0 spiro atoms. The molecular formula is C30H42F2N2O4. The van der Waals surface area contributed by atoms with Crippen molar-refractivity contribution in [2.24, 2.45) is 29.1 Å². The van der Waals surface area contributed by atoms with Crippen molar-refractivity contribution in [3.05, 3.63) is 23.3 Å². The Balaban J connectivity index is 1.34. The maximum atomic E-state index is 14.0. The number of hydrogen-bond donors (Lipinski definition) is 2. The van der Waals surface area contributed by atoms with Crippen LogP contribution in [0.5, 0.6) is 11.5 Å². The van der Waals surface area contributed by atoms with Gasteiger partial charge in [-0.1, -0.05) is 20.3 Å². The largest absolute Gasteiger partial charge is 0.496 e. The second-order valence-corrected chi connectivity index (χ2v) is 12.6. The van der Waals surface area contributed by atoms with Crippen molar-refractivity contribution in [3.63, 3.8) is 0 Å². The van der Waals surface area contributed by atoms with Gasteiger partial charge in [-0.05, 0) is 93.1 Å². The smallest absolute Gasteiger partial charge is 0.267 e. The molecule has 6 nitrogen and oxygen atoms in total. The molecule has 4 aliphatic carbocycles. The molecule has 0 heterocycles. The topological polar surface area (TPSA) is 76.7 Å². The average Bonchev–Trinajstić information content (AvgIpc) is 3.49. The van der Waals surface area contributed by atoms with Crippen LogP contribution in [-0.4, -0.2) is 37.6 Å². The van der Waals surface area contributed by atoms with Gasteiger partial charge >= 0.3 is 0 Å². The predicted molar refractivity (Wildman–Crippen MR) is 141 cm³/mol. The number of nitrogens with one attached hydrogen (secondary N) is 2. The van der Waals surface area contributed by atoms with Gasteiger partial charge in [0.25, 0.3) is 12.3 Å². The third kappa shape index (κ3) is 5.50. The maximum Gasteiger partial charge on any atom is 0.267 e. The van der Waals surface area contributed by atoms with Gasteiger partial charge in [-0.15, -0.1) is 0 Å². The Morgan fingerprint density at radius 2 is 1.76 bits per heavy atom. The van der Waals surface area contributed by atoms with Gasteiger partial charge in [0.15, 0.2) is 0 Å². The summed E-state index contributed by atoms with van der Waals surface area (Å²) in [5, 5.41) is 6.30. The van der Waals surface area contributed by atoms with Crippen LogP contribution in [0.15, 0.2) is 12.1 Å². The number of methoxy groups -OCH3 is 1. The Kier molecular flexibility index (Phi) is 7.88. The zero-order chi connectivity index (χ0) is 27.0. The third-order valence-corrected chi connectivity index (χ3v) is 9.84. The second-order valence-electron chi connectivity index (χ2n) is 12.6. The molecule has 38 heavy (non-hydrogen) atoms. The van der Waals surface area contributed by atoms with Crippen LogP contribution in [0.4, 0.5) is 8.78 Å². The van der Waals surface area contributed by atoms with Gasteiger partial charge < -0.3 is 20.1 Å². The van der Waals surface area contributed by atoms with E-state index < -0.39 is 12.3 Å². The lowest BCUT2D eigenvalue weighted by Crippen LogP contribution is -2.51. The van der Waals surface area contributed by atoms with Crippen LogP contribution in [0, 0.1) is 29.1 Å². The summed E-state index contributed by atoms with van der Waals surface area (Å²) in [4.78, 5) is 26.9. The van der Waals surface area contributed by atoms with Crippen LogP contribution < -0.4 is 20.1 Å². The zero-order valence-electron chi connectivity index (χ0n) is 22.9. The molecule has 0 aliphatic heterocycles. The molecule has 2 amide bonds. The van der Waals surface area contributed by atoms with E-state index in [4.69, 9.17) is 9.47 Å². The molecule has 4 atom stereocenters. The van der Waals surface area contributed by atoms with Gasteiger partial charge in [0.2, 0.25) is 5.91 Å². The number of halogens is 2. The molecule has 1 aromatic rings. The minimum atomic E-state index is -2.75. The zero-order valence-corrected chi connectivity index (χ0v) is 22.9. The van der Waals surface area contributed by atoms with Crippen molar-refractivity contribution < 1.29 is 27.8 Å². The van der Waals surface area contributed by atoms with E-state index in [9.17, 15) is 18.4 Å². The molecule has 1 aromatic carbocycles. The van der Waals surface area contributed by atoms with E-state index in [1.807, 2.05) is 0 Å². The van der Waals surface area contributed by atoms with Gasteiger partial charge in [0, 0.05) is 12.6 Å². The average molecular weight is 533 g/mol. The van der Waals surface area contributed by atoms with Gasteiger partial charge in [0.05, 0.1) is 30.3 Å². The molecule has 4 fully saturated rings. The van der Waals surface area contributed by atoms with E-state index in [1.165, 1.54) is 25.7 Å². The molecule has 5 rings (SSSR count). The first-order valence-corrected chi connectivity index (χ1v) is 14.4. The fourth-order valence-corrected chi connectivity index (χ4v) is 7.20. The maximum absolute atomic E-state index is 14.0. The molecule has 2 N–H and O–H groups in total. The lowest BCUT2D eigenvalue weighted by molar-refractivity contribution is -0.128. The van der Waals surface area contributed by atoms with Gasteiger partial charge in [0.1, 0.15) is 11.5 Å². The summed E-state index contributed by atoms with van der Waals surface area (Å²) in [7, 11) is 1.37. The molecule has 0 radical (unpaired) electrons. The SMILES string of the molecule is COc1cc(C(F)F)c(O[C@H]2CC[C@H](C)CC2)cc1C(=O)N[C@@H]1[C@H]2CC[C@H](C2)[C@@H]1C(=O)NCC1(C)CCC1. The Bertz CT molecular complexity index is 1040. The summed E-state index contributed by atoms with van der Waals surface area (Å²) < 4.78 is 39.4. The molecular weight excluding hydrogens is 490 g/mol. The number of alkyl halides is 2. The summed E-state index contributed by atoms with van der Waals surface area (Å²) in [5.74, 6) is 0.571. The fraction of sp³-hybridized carbons (Fsp3) is 0.733. The normalized spacial score (nSPS) is 31.5. The fourth-order valence-electron chi connectivity index (χ4n) is 7.20. The van der Waals surface area contributed by atoms with E-state index in [1.54, 1.807) is 0 Å². The molecule has 0 unspecified atom stereocenters. The quantitative estimate of drug-likeness (QED) is 0.407. The van der Waals surface area contributed by atoms with Crippen molar-refractivity contribution in [2.75, 3.05) is 13.7 Å². The summed E-state index contributed by atoms with van der Waals surface area (Å²) >= 11 is 0. The third-order valence-electron chi connectivity index (χ3n) is 9.84. The molecule has 4 saturated carbocycles. The monoisotopic (exact) mass is 532 g/mol. The molecule has 8 heteroatoms. The van der Waals surface area contributed by atoms with E-state index in [0.717, 1.165) is 57.8 Å². The van der Waals surface area contributed by atoms with Gasteiger partial charge in [-0.2, -0.15) is 0 Å². The van der Waals surface area contributed by atoms with Crippen LogP contribution in [-0.2, 0) is 4.79 Å². The molecule has 210 valence electrons. The molecule has 2 bridgehead atoms. The van der Waals surface area contributed by atoms with Crippen LogP contribution in [0.1, 0.15) is 100 Å². The number of carbonyl (C=O) groups excluding carboxylic acids is 2. The minimum Gasteiger partial charge on any atom is -0.496 e. The van der Waals surface area contributed by atoms with E-state index >= 15 is 0 Å². The number of ether oxygens (including phenoxy) is 2. The molecule has 0 aromatic heterocycles. The summed E-state index contributed by atoms with van der Waals surface area (Å²) in [6, 6.07) is 2.36. The van der Waals surface area contributed by atoms with Crippen molar-refractivity contribution in [2.45, 2.75) is 96.6 Å². The highest BCUT2D eigenvalue weighted by atomic mass is 19.3. The lowest BCUT2D eigenvalue weighted by atomic mass is 9.70. The van der Waals surface area contributed by atoms with Crippen molar-refractivity contribution in [1.29, 1.82) is 0 Å². The van der Waals surface area contributed by atoms with Crippen molar-refractivity contribution in [1.82, 2.24) is 10.6 Å². The van der Waals surface area contributed by atoms with E-state index in [-0.39, 0.29) is 63.8 Å². The first-order valence-electron chi connectivity index (χ1n) is 14.4. The Hall–Kier alpha value is -2.38. The Labute approximate surface area is 224 Å². The molecule has 4 aliphatic rings.